The Morgan fingerprint density at radius 1 is 1.46 bits per heavy atom. The average Bonchev–Trinajstić information content (AvgIpc) is 2.65. The molecule has 0 aliphatic carbocycles. The highest BCUT2D eigenvalue weighted by Gasteiger charge is 2.12. The van der Waals surface area contributed by atoms with Crippen molar-refractivity contribution in [2.75, 3.05) is 6.61 Å². The fourth-order valence-corrected chi connectivity index (χ4v) is 1.57. The molecule has 1 aliphatic heterocycles. The first-order chi connectivity index (χ1) is 6.34. The van der Waals surface area contributed by atoms with Crippen LogP contribution in [0.3, 0.4) is 0 Å². The van der Waals surface area contributed by atoms with E-state index in [-0.39, 0.29) is 6.10 Å². The molecule has 0 unspecified atom stereocenters. The number of rotatable bonds is 6. The van der Waals surface area contributed by atoms with Gasteiger partial charge >= 0.3 is 0 Å². The highest BCUT2D eigenvalue weighted by atomic mass is 16.5. The minimum absolute atomic E-state index is 0.210. The van der Waals surface area contributed by atoms with Crippen molar-refractivity contribution in [1.29, 1.82) is 0 Å². The highest BCUT2D eigenvalue weighted by Crippen LogP contribution is 2.18. The number of hydrogen-bond donors (Lipinski definition) is 0. The minimum atomic E-state index is 0.210. The van der Waals surface area contributed by atoms with Gasteiger partial charge in [0.2, 0.25) is 0 Å². The highest BCUT2D eigenvalue weighted by molar-refractivity contribution is 5.14. The smallest absolute Gasteiger partial charge is 0.0969 e. The molecule has 1 heterocycles. The third-order valence-corrected chi connectivity index (χ3v) is 2.44. The molecule has 0 bridgehead atoms. The van der Waals surface area contributed by atoms with E-state index >= 15 is 0 Å². The molecule has 1 aliphatic rings. The summed E-state index contributed by atoms with van der Waals surface area (Å²) in [6.45, 7) is 7.05. The molecule has 74 valence electrons. The summed E-state index contributed by atoms with van der Waals surface area (Å²) >= 11 is 0. The van der Waals surface area contributed by atoms with E-state index in [0.29, 0.717) is 0 Å². The first-order valence-electron chi connectivity index (χ1n) is 5.30. The predicted octanol–water partition coefficient (Wildman–Crippen LogP) is 3.47. The Morgan fingerprint density at radius 3 is 2.92 bits per heavy atom. The van der Waals surface area contributed by atoms with Gasteiger partial charge in [0.15, 0.2) is 0 Å². The molecule has 0 fully saturated rings. The van der Waals surface area contributed by atoms with Gasteiger partial charge in [-0.05, 0) is 18.4 Å². The van der Waals surface area contributed by atoms with E-state index in [2.05, 4.69) is 25.7 Å². The van der Waals surface area contributed by atoms with Crippen LogP contribution in [0.4, 0.5) is 0 Å². The summed E-state index contributed by atoms with van der Waals surface area (Å²) in [5.74, 6) is 0. The van der Waals surface area contributed by atoms with Gasteiger partial charge in [-0.1, -0.05) is 44.9 Å². The quantitative estimate of drug-likeness (QED) is 0.449. The molecule has 1 rings (SSSR count). The third-order valence-electron chi connectivity index (χ3n) is 2.44. The molecule has 0 spiro atoms. The zero-order valence-electron chi connectivity index (χ0n) is 8.59. The topological polar surface area (TPSA) is 9.23 Å². The van der Waals surface area contributed by atoms with E-state index in [1.54, 1.807) is 0 Å². The van der Waals surface area contributed by atoms with Crippen molar-refractivity contribution in [2.45, 2.75) is 45.1 Å². The van der Waals surface area contributed by atoms with Gasteiger partial charge < -0.3 is 4.74 Å². The van der Waals surface area contributed by atoms with Gasteiger partial charge in [-0.15, -0.1) is 0 Å². The van der Waals surface area contributed by atoms with Crippen LogP contribution in [0.15, 0.2) is 24.3 Å². The molecule has 1 heteroatoms. The first-order valence-corrected chi connectivity index (χ1v) is 5.30. The van der Waals surface area contributed by atoms with Gasteiger partial charge in [0.1, 0.15) is 0 Å². The molecule has 0 amide bonds. The summed E-state index contributed by atoms with van der Waals surface area (Å²) in [5, 5.41) is 0. The van der Waals surface area contributed by atoms with Gasteiger partial charge in [0.05, 0.1) is 12.7 Å². The lowest BCUT2D eigenvalue weighted by Gasteiger charge is -2.11. The van der Waals surface area contributed by atoms with E-state index in [1.807, 2.05) is 0 Å². The maximum atomic E-state index is 5.46. The molecule has 0 saturated carbocycles. The van der Waals surface area contributed by atoms with Crippen LogP contribution in [0, 0.1) is 0 Å². The molecule has 0 aromatic heterocycles. The standard InChI is InChI=1S/C12H20O/c1-3-4-5-6-8-11(2)12-9-7-10-13-12/h7,9,12H,2-6,8,10H2,1H3/t12-/m0/s1. The van der Waals surface area contributed by atoms with Crippen LogP contribution < -0.4 is 0 Å². The molecular weight excluding hydrogens is 160 g/mol. The van der Waals surface area contributed by atoms with Crippen LogP contribution >= 0.6 is 0 Å². The van der Waals surface area contributed by atoms with E-state index in [0.717, 1.165) is 13.0 Å². The maximum Gasteiger partial charge on any atom is 0.0969 e. The Morgan fingerprint density at radius 2 is 2.31 bits per heavy atom. The number of unbranched alkanes of at least 4 members (excludes halogenated alkanes) is 3. The summed E-state index contributed by atoms with van der Waals surface area (Å²) < 4.78 is 5.46. The van der Waals surface area contributed by atoms with Gasteiger partial charge in [-0.3, -0.25) is 0 Å². The van der Waals surface area contributed by atoms with Crippen molar-refractivity contribution in [3.8, 4) is 0 Å². The van der Waals surface area contributed by atoms with E-state index in [4.69, 9.17) is 4.74 Å². The van der Waals surface area contributed by atoms with Crippen molar-refractivity contribution in [3.63, 3.8) is 0 Å². The fourth-order valence-electron chi connectivity index (χ4n) is 1.57. The summed E-state index contributed by atoms with van der Waals surface area (Å²) in [7, 11) is 0. The van der Waals surface area contributed by atoms with Crippen LogP contribution in [-0.4, -0.2) is 12.7 Å². The number of ether oxygens (including phenoxy) is 1. The van der Waals surface area contributed by atoms with Crippen LogP contribution in [-0.2, 0) is 4.74 Å². The average molecular weight is 180 g/mol. The first kappa shape index (κ1) is 10.5. The van der Waals surface area contributed by atoms with Crippen LogP contribution in [0.5, 0.6) is 0 Å². The number of hydrogen-bond acceptors (Lipinski definition) is 1. The normalized spacial score (nSPS) is 20.8. The molecule has 0 aromatic carbocycles. The molecule has 1 nitrogen and oxygen atoms in total. The Hall–Kier alpha value is -0.560. The fraction of sp³-hybridized carbons (Fsp3) is 0.667. The Bertz CT molecular complexity index is 182. The second-order valence-electron chi connectivity index (χ2n) is 3.65. The van der Waals surface area contributed by atoms with Crippen LogP contribution in [0.2, 0.25) is 0 Å². The zero-order chi connectivity index (χ0) is 9.52. The van der Waals surface area contributed by atoms with Gasteiger partial charge in [-0.2, -0.15) is 0 Å². The predicted molar refractivity (Wildman–Crippen MR) is 56.8 cm³/mol. The van der Waals surface area contributed by atoms with Crippen LogP contribution in [0.25, 0.3) is 0 Å². The van der Waals surface area contributed by atoms with Crippen molar-refractivity contribution in [1.82, 2.24) is 0 Å². The molecule has 13 heavy (non-hydrogen) atoms. The van der Waals surface area contributed by atoms with Gasteiger partial charge in [-0.25, -0.2) is 0 Å². The van der Waals surface area contributed by atoms with E-state index in [1.165, 1.54) is 31.3 Å². The summed E-state index contributed by atoms with van der Waals surface area (Å²) in [4.78, 5) is 0. The largest absolute Gasteiger partial charge is 0.366 e. The SMILES string of the molecule is C=C(CCCCCC)[C@@H]1C=CCO1. The van der Waals surface area contributed by atoms with Crippen molar-refractivity contribution < 1.29 is 4.74 Å². The Kier molecular flexibility index (Phi) is 4.84. The lowest BCUT2D eigenvalue weighted by atomic mass is 10.0. The van der Waals surface area contributed by atoms with Crippen molar-refractivity contribution in [3.05, 3.63) is 24.3 Å². The molecule has 0 N–H and O–H groups in total. The second kappa shape index (κ2) is 5.98. The maximum absolute atomic E-state index is 5.46. The molecule has 0 radical (unpaired) electrons. The molecular formula is C12H20O. The molecule has 1 atom stereocenters. The Labute approximate surface area is 81.5 Å². The van der Waals surface area contributed by atoms with Gasteiger partial charge in [0, 0.05) is 0 Å². The van der Waals surface area contributed by atoms with Crippen molar-refractivity contribution >= 4 is 0 Å². The van der Waals surface area contributed by atoms with Gasteiger partial charge in [0.25, 0.3) is 0 Å². The monoisotopic (exact) mass is 180 g/mol. The summed E-state index contributed by atoms with van der Waals surface area (Å²) in [5.41, 5.74) is 1.24. The van der Waals surface area contributed by atoms with E-state index in [9.17, 15) is 0 Å². The zero-order valence-corrected chi connectivity index (χ0v) is 8.59. The second-order valence-corrected chi connectivity index (χ2v) is 3.65. The minimum Gasteiger partial charge on any atom is -0.366 e. The van der Waals surface area contributed by atoms with Crippen molar-refractivity contribution in [2.24, 2.45) is 0 Å². The lowest BCUT2D eigenvalue weighted by molar-refractivity contribution is 0.151. The summed E-state index contributed by atoms with van der Waals surface area (Å²) in [6.07, 6.45) is 10.7. The molecule has 0 aromatic rings. The van der Waals surface area contributed by atoms with Crippen LogP contribution in [0.1, 0.15) is 39.0 Å². The molecule has 0 saturated heterocycles. The Balaban J connectivity index is 2.07. The third kappa shape index (κ3) is 3.77. The lowest BCUT2D eigenvalue weighted by Crippen LogP contribution is -2.07. The van der Waals surface area contributed by atoms with E-state index < -0.39 is 0 Å². The summed E-state index contributed by atoms with van der Waals surface area (Å²) in [6, 6.07) is 0.